The van der Waals surface area contributed by atoms with E-state index in [4.69, 9.17) is 9.72 Å². The summed E-state index contributed by atoms with van der Waals surface area (Å²) in [6.45, 7) is 8.51. The van der Waals surface area contributed by atoms with Gasteiger partial charge in [-0.2, -0.15) is 5.26 Å². The Balaban J connectivity index is 1.32. The number of carbonyl (C=O) groups is 1. The van der Waals surface area contributed by atoms with Gasteiger partial charge in [0.1, 0.15) is 11.6 Å². The fourth-order valence-corrected chi connectivity index (χ4v) is 10.5. The first-order valence-electron chi connectivity index (χ1n) is 18.8. The normalized spacial score (nSPS) is 28.2. The molecule has 5 fully saturated rings. The highest BCUT2D eigenvalue weighted by atomic mass is 19.1. The summed E-state index contributed by atoms with van der Waals surface area (Å²) in [6.07, 6.45) is 7.64. The number of pyridine rings is 1. The summed E-state index contributed by atoms with van der Waals surface area (Å²) < 4.78 is 27.0. The molecule has 8 nitrogen and oxygen atoms in total. The summed E-state index contributed by atoms with van der Waals surface area (Å²) in [6, 6.07) is 13.7. The minimum Gasteiger partial charge on any atom is -0.472 e. The first-order valence-corrected chi connectivity index (χ1v) is 18.8. The van der Waals surface area contributed by atoms with Gasteiger partial charge in [-0.15, -0.1) is 0 Å². The summed E-state index contributed by atoms with van der Waals surface area (Å²) in [7, 11) is 2.15. The van der Waals surface area contributed by atoms with Crippen LogP contribution in [0, 0.1) is 30.0 Å². The first-order chi connectivity index (χ1) is 24.2. The molecule has 2 bridgehead atoms. The molecule has 2 aliphatic carbocycles. The predicted octanol–water partition coefficient (Wildman–Crippen LogP) is 7.33. The third-order valence-electron chi connectivity index (χ3n) is 12.9. The standard InChI is InChI=1S/C41H47FN6O2/c1-22-17-29-38(37(42)35(22)28-12-6-10-25-9-5-11-26(20-43)36(25)28)45-41(50-23(2)32-13-7-15-46(32)4)30-19-34(33-14-8-16-47(33)24(3)49)48(40(29)30)39-27-18-31(39)44-21-27/h6,10,12,17,19,23,26-27,31-33,39,44H,5,7-9,11,13-16,18,21H2,1-4H3. The van der Waals surface area contributed by atoms with E-state index in [0.717, 1.165) is 115 Å². The van der Waals surface area contributed by atoms with E-state index in [9.17, 15) is 10.1 Å². The molecule has 10 rings (SSSR count). The molecule has 2 aromatic carbocycles. The minimum atomic E-state index is -0.358. The second-order valence-electron chi connectivity index (χ2n) is 15.7. The largest absolute Gasteiger partial charge is 0.472 e. The van der Waals surface area contributed by atoms with E-state index in [-0.39, 0.29) is 41.9 Å². The van der Waals surface area contributed by atoms with Crippen LogP contribution in [0.3, 0.4) is 0 Å². The molecular weight excluding hydrogens is 627 g/mol. The highest BCUT2D eigenvalue weighted by molar-refractivity contribution is 6.09. The van der Waals surface area contributed by atoms with Gasteiger partial charge in [0.25, 0.3) is 0 Å². The molecule has 6 aliphatic rings. The van der Waals surface area contributed by atoms with Gasteiger partial charge in [-0.25, -0.2) is 9.37 Å². The molecule has 6 heterocycles. The van der Waals surface area contributed by atoms with Gasteiger partial charge in [0.15, 0.2) is 5.82 Å². The quantitative estimate of drug-likeness (QED) is 0.231. The van der Waals surface area contributed by atoms with Crippen LogP contribution in [-0.2, 0) is 11.2 Å². The van der Waals surface area contributed by atoms with E-state index in [1.54, 1.807) is 6.92 Å². The highest BCUT2D eigenvalue weighted by Crippen LogP contribution is 2.51. The maximum Gasteiger partial charge on any atom is 0.223 e. The van der Waals surface area contributed by atoms with Crippen LogP contribution in [0.5, 0.6) is 5.88 Å². The average molecular weight is 675 g/mol. The zero-order valence-corrected chi connectivity index (χ0v) is 29.6. The SMILES string of the molecule is CC(=O)N1CCCC1c1cc2c(OC(C)C3CCCN3C)nc3c(F)c(-c4cccc5c4C(C#N)CCC5)c(C)cc3c2n1C1C2CNC1C2. The second-order valence-corrected chi connectivity index (χ2v) is 15.7. The van der Waals surface area contributed by atoms with Crippen molar-refractivity contribution in [3.05, 3.63) is 58.5 Å². The first kappa shape index (κ1) is 31.9. The molecule has 50 heavy (non-hydrogen) atoms. The molecule has 1 amide bonds. The number of fused-ring (bicyclic) bond motifs is 5. The molecule has 260 valence electrons. The third-order valence-corrected chi connectivity index (χ3v) is 12.9. The predicted molar refractivity (Wildman–Crippen MR) is 193 cm³/mol. The number of aromatic nitrogens is 2. The number of halogens is 1. The molecule has 1 N–H and O–H groups in total. The number of likely N-dealkylation sites (tertiary alicyclic amines) is 2. The van der Waals surface area contributed by atoms with Crippen molar-refractivity contribution in [3.8, 4) is 23.1 Å². The molecule has 4 saturated heterocycles. The number of hydrogen-bond acceptors (Lipinski definition) is 6. The number of nitrogens with one attached hydrogen (secondary N) is 1. The minimum absolute atomic E-state index is 0.0508. The number of likely N-dealkylation sites (N-methyl/N-ethyl adjacent to an activating group) is 1. The molecule has 7 unspecified atom stereocenters. The molecule has 4 aromatic rings. The number of carbonyl (C=O) groups excluding carboxylic acids is 1. The van der Waals surface area contributed by atoms with Crippen molar-refractivity contribution in [3.63, 3.8) is 0 Å². The second kappa shape index (κ2) is 12.1. The van der Waals surface area contributed by atoms with Crippen molar-refractivity contribution in [2.24, 2.45) is 5.92 Å². The number of nitriles is 1. The number of ether oxygens (including phenoxy) is 1. The van der Waals surface area contributed by atoms with Crippen LogP contribution in [0.25, 0.3) is 32.9 Å². The Morgan fingerprint density at radius 2 is 1.98 bits per heavy atom. The van der Waals surface area contributed by atoms with Gasteiger partial charge in [0, 0.05) is 48.7 Å². The van der Waals surface area contributed by atoms with E-state index in [2.05, 4.69) is 53.0 Å². The average Bonchev–Trinajstić information content (AvgIpc) is 3.94. The van der Waals surface area contributed by atoms with Crippen LogP contribution >= 0.6 is 0 Å². The zero-order chi connectivity index (χ0) is 34.4. The Morgan fingerprint density at radius 1 is 1.14 bits per heavy atom. The number of nitrogens with zero attached hydrogens (tertiary/aromatic N) is 5. The van der Waals surface area contributed by atoms with Gasteiger partial charge in [-0.05, 0) is 119 Å². The topological polar surface area (TPSA) is 86.4 Å². The fraction of sp³-hybridized carbons (Fsp3) is 0.537. The molecule has 2 aromatic heterocycles. The van der Waals surface area contributed by atoms with Gasteiger partial charge in [0.2, 0.25) is 11.8 Å². The van der Waals surface area contributed by atoms with Crippen molar-refractivity contribution < 1.29 is 13.9 Å². The van der Waals surface area contributed by atoms with Crippen molar-refractivity contribution >= 4 is 27.7 Å². The number of amides is 1. The van der Waals surface area contributed by atoms with Crippen molar-refractivity contribution in [2.45, 2.75) is 108 Å². The Bertz CT molecular complexity index is 2070. The number of hydrogen-bond donors (Lipinski definition) is 1. The Kier molecular flexibility index (Phi) is 7.70. The van der Waals surface area contributed by atoms with Crippen LogP contribution < -0.4 is 10.1 Å². The third kappa shape index (κ3) is 4.74. The Hall–Kier alpha value is -4.00. The maximum atomic E-state index is 17.6. The number of benzene rings is 2. The van der Waals surface area contributed by atoms with Crippen molar-refractivity contribution in [1.82, 2.24) is 24.7 Å². The van der Waals surface area contributed by atoms with Crippen LogP contribution in [0.15, 0.2) is 30.3 Å². The smallest absolute Gasteiger partial charge is 0.223 e. The molecule has 4 aliphatic heterocycles. The van der Waals surface area contributed by atoms with E-state index < -0.39 is 0 Å². The number of aryl methyl sites for hydroxylation is 2. The fourth-order valence-electron chi connectivity index (χ4n) is 10.5. The molecular formula is C41H47FN6O2. The van der Waals surface area contributed by atoms with E-state index in [0.29, 0.717) is 28.9 Å². The van der Waals surface area contributed by atoms with Crippen LogP contribution in [0.4, 0.5) is 4.39 Å². The van der Waals surface area contributed by atoms with E-state index >= 15 is 4.39 Å². The lowest BCUT2D eigenvalue weighted by molar-refractivity contribution is -0.129. The summed E-state index contributed by atoms with van der Waals surface area (Å²) in [4.78, 5) is 22.4. The van der Waals surface area contributed by atoms with Crippen molar-refractivity contribution in [2.75, 3.05) is 26.7 Å². The summed E-state index contributed by atoms with van der Waals surface area (Å²) in [5.41, 5.74) is 6.64. The zero-order valence-electron chi connectivity index (χ0n) is 29.6. The lowest BCUT2D eigenvalue weighted by Crippen LogP contribution is -2.40. The molecule has 0 spiro atoms. The molecule has 9 heteroatoms. The Morgan fingerprint density at radius 3 is 2.70 bits per heavy atom. The monoisotopic (exact) mass is 674 g/mol. The molecule has 0 radical (unpaired) electrons. The van der Waals surface area contributed by atoms with Gasteiger partial charge in [0.05, 0.1) is 35.0 Å². The van der Waals surface area contributed by atoms with Crippen LogP contribution in [0.1, 0.15) is 99.2 Å². The van der Waals surface area contributed by atoms with Gasteiger partial charge >= 0.3 is 0 Å². The van der Waals surface area contributed by atoms with Gasteiger partial charge in [-0.1, -0.05) is 18.2 Å². The van der Waals surface area contributed by atoms with Gasteiger partial charge in [-0.3, -0.25) is 9.69 Å². The van der Waals surface area contributed by atoms with Gasteiger partial charge < -0.3 is 19.5 Å². The molecule has 7 atom stereocenters. The summed E-state index contributed by atoms with van der Waals surface area (Å²) in [5.74, 6) is 0.406. The maximum absolute atomic E-state index is 17.6. The molecule has 1 saturated carbocycles. The van der Waals surface area contributed by atoms with E-state index in [1.165, 1.54) is 0 Å². The Labute approximate surface area is 293 Å². The van der Waals surface area contributed by atoms with E-state index in [1.807, 2.05) is 24.0 Å². The lowest BCUT2D eigenvalue weighted by Gasteiger charge is -2.39. The van der Waals surface area contributed by atoms with Crippen LogP contribution in [0.2, 0.25) is 0 Å². The van der Waals surface area contributed by atoms with Crippen LogP contribution in [-0.4, -0.2) is 70.1 Å². The number of rotatable bonds is 6. The lowest BCUT2D eigenvalue weighted by atomic mass is 9.78. The summed E-state index contributed by atoms with van der Waals surface area (Å²) >= 11 is 0. The highest BCUT2D eigenvalue weighted by Gasteiger charge is 2.50. The summed E-state index contributed by atoms with van der Waals surface area (Å²) in [5, 5.41) is 15.6. The van der Waals surface area contributed by atoms with Crippen molar-refractivity contribution in [1.29, 1.82) is 5.26 Å².